The van der Waals surface area contributed by atoms with Gasteiger partial charge in [-0.1, -0.05) is 61.2 Å². The predicted octanol–water partition coefficient (Wildman–Crippen LogP) is 7.65. The van der Waals surface area contributed by atoms with Crippen LogP contribution in [0.15, 0.2) is 78.0 Å². The van der Waals surface area contributed by atoms with Crippen molar-refractivity contribution in [2.75, 3.05) is 23.7 Å². The predicted molar refractivity (Wildman–Crippen MR) is 168 cm³/mol. The van der Waals surface area contributed by atoms with Crippen LogP contribution in [0.4, 0.5) is 23.7 Å². The zero-order valence-corrected chi connectivity index (χ0v) is 25.5. The van der Waals surface area contributed by atoms with Gasteiger partial charge in [-0.25, -0.2) is 14.5 Å². The van der Waals surface area contributed by atoms with Gasteiger partial charge in [-0.2, -0.15) is 4.99 Å². The van der Waals surface area contributed by atoms with Crippen molar-refractivity contribution in [2.45, 2.75) is 45.9 Å². The highest BCUT2D eigenvalue weighted by molar-refractivity contribution is 8.14. The highest BCUT2D eigenvalue weighted by Crippen LogP contribution is 2.31. The summed E-state index contributed by atoms with van der Waals surface area (Å²) in [5.41, 5.74) is 6.00. The molecule has 0 radical (unpaired) electrons. The van der Waals surface area contributed by atoms with Gasteiger partial charge >= 0.3 is 12.4 Å². The number of halogens is 3. The van der Waals surface area contributed by atoms with Crippen molar-refractivity contribution in [2.24, 2.45) is 4.99 Å². The molecule has 1 N–H and O–H groups in total. The minimum absolute atomic E-state index is 0.278. The number of rotatable bonds is 9. The SMILES string of the molecule is Cc1cccc(C)c1N1CCS/C1=N\C(=O)NCCCC(C)c1ccc(-c2ncn(-c3ccc(OC(F)(F)F)cc3)n2)cc1. The van der Waals surface area contributed by atoms with E-state index in [9.17, 15) is 18.0 Å². The number of benzene rings is 3. The van der Waals surface area contributed by atoms with E-state index in [2.05, 4.69) is 62.9 Å². The van der Waals surface area contributed by atoms with Crippen LogP contribution in [-0.4, -0.2) is 51.2 Å². The molecule has 0 spiro atoms. The van der Waals surface area contributed by atoms with Crippen LogP contribution in [0.25, 0.3) is 17.1 Å². The number of urea groups is 1. The normalized spacial score (nSPS) is 15.0. The maximum Gasteiger partial charge on any atom is 0.573 e. The molecule has 8 nitrogen and oxygen atoms in total. The van der Waals surface area contributed by atoms with Crippen LogP contribution in [0.5, 0.6) is 5.75 Å². The average Bonchev–Trinajstić information content (AvgIpc) is 3.65. The standard InChI is InChI=1S/C32H33F3N6O2S/c1-21(8-5-17-36-30(42)38-31-40(18-19-44-31)28-22(2)6-4-7-23(28)3)24-9-11-25(12-10-24)29-37-20-41(39-29)26-13-15-27(16-14-26)43-32(33,34)35/h4,6-7,9-16,20-21H,5,8,17-19H2,1-3H3,(H,36,42)/b38-31-. The summed E-state index contributed by atoms with van der Waals surface area (Å²) in [6.45, 7) is 7.67. The Labute approximate surface area is 258 Å². The Kier molecular flexibility index (Phi) is 9.58. The van der Waals surface area contributed by atoms with Crippen molar-refractivity contribution < 1.29 is 22.7 Å². The molecule has 5 rings (SSSR count). The number of alkyl halides is 3. The van der Waals surface area contributed by atoms with Gasteiger partial charge in [-0.3, -0.25) is 0 Å². The first kappa shape index (κ1) is 31.1. The van der Waals surface area contributed by atoms with Gasteiger partial charge in [0, 0.05) is 30.1 Å². The molecule has 1 saturated heterocycles. The molecule has 2 heterocycles. The van der Waals surface area contributed by atoms with Crippen LogP contribution in [0.3, 0.4) is 0 Å². The summed E-state index contributed by atoms with van der Waals surface area (Å²) in [5.74, 6) is 1.37. The van der Waals surface area contributed by atoms with Gasteiger partial charge in [0.25, 0.3) is 0 Å². The maximum atomic E-state index is 12.6. The fraction of sp³-hybridized carbons (Fsp3) is 0.312. The number of aryl methyl sites for hydroxylation is 2. The molecule has 1 aromatic heterocycles. The molecule has 1 aliphatic rings. The van der Waals surface area contributed by atoms with E-state index in [1.165, 1.54) is 46.4 Å². The van der Waals surface area contributed by atoms with Crippen LogP contribution in [0, 0.1) is 13.8 Å². The van der Waals surface area contributed by atoms with E-state index in [1.54, 1.807) is 11.8 Å². The molecule has 1 unspecified atom stereocenters. The lowest BCUT2D eigenvalue weighted by atomic mass is 9.95. The van der Waals surface area contributed by atoms with E-state index < -0.39 is 6.36 Å². The molecule has 1 fully saturated rings. The van der Waals surface area contributed by atoms with Crippen LogP contribution >= 0.6 is 11.8 Å². The second-order valence-corrected chi connectivity index (χ2v) is 11.6. The third-order valence-corrected chi connectivity index (χ3v) is 8.29. The smallest absolute Gasteiger partial charge is 0.406 e. The van der Waals surface area contributed by atoms with Crippen molar-refractivity contribution in [1.82, 2.24) is 20.1 Å². The van der Waals surface area contributed by atoms with Gasteiger partial charge in [0.2, 0.25) is 0 Å². The summed E-state index contributed by atoms with van der Waals surface area (Å²) in [7, 11) is 0. The summed E-state index contributed by atoms with van der Waals surface area (Å²) in [5, 5.41) is 8.13. The Balaban J connectivity index is 1.10. The average molecular weight is 623 g/mol. The van der Waals surface area contributed by atoms with Crippen molar-refractivity contribution in [3.05, 3.63) is 89.7 Å². The second-order valence-electron chi connectivity index (χ2n) is 10.6. The molecule has 230 valence electrons. The number of nitrogens with zero attached hydrogens (tertiary/aromatic N) is 5. The highest BCUT2D eigenvalue weighted by atomic mass is 32.2. The highest BCUT2D eigenvalue weighted by Gasteiger charge is 2.31. The van der Waals surface area contributed by atoms with Gasteiger partial charge in [0.05, 0.1) is 5.69 Å². The number of carbonyl (C=O) groups is 1. The molecule has 3 aromatic carbocycles. The number of aliphatic imine (C=N–C) groups is 1. The maximum absolute atomic E-state index is 12.6. The Hall–Kier alpha value is -4.32. The quantitative estimate of drug-likeness (QED) is 0.193. The second kappa shape index (κ2) is 13.5. The van der Waals surface area contributed by atoms with Crippen molar-refractivity contribution in [3.63, 3.8) is 0 Å². The summed E-state index contributed by atoms with van der Waals surface area (Å²) < 4.78 is 42.6. The van der Waals surface area contributed by atoms with Crippen LogP contribution in [0.2, 0.25) is 0 Å². The molecule has 0 bridgehead atoms. The molecule has 2 amide bonds. The monoisotopic (exact) mass is 622 g/mol. The number of hydrogen-bond donors (Lipinski definition) is 1. The van der Waals surface area contributed by atoms with Crippen molar-refractivity contribution >= 4 is 28.6 Å². The summed E-state index contributed by atoms with van der Waals surface area (Å²) >= 11 is 1.60. The molecule has 1 atom stereocenters. The number of hydrogen-bond acceptors (Lipinski definition) is 5. The minimum atomic E-state index is -4.74. The number of anilines is 1. The number of carbonyl (C=O) groups excluding carboxylic acids is 1. The van der Waals surface area contributed by atoms with E-state index in [-0.39, 0.29) is 17.7 Å². The Bertz CT molecular complexity index is 1600. The molecule has 0 saturated carbocycles. The largest absolute Gasteiger partial charge is 0.573 e. The number of thioether (sulfide) groups is 1. The summed E-state index contributed by atoms with van der Waals surface area (Å²) in [6.07, 6.45) is -1.53. The third-order valence-electron chi connectivity index (χ3n) is 7.34. The van der Waals surface area contributed by atoms with Gasteiger partial charge in [0.1, 0.15) is 12.1 Å². The fourth-order valence-corrected chi connectivity index (χ4v) is 6.05. The molecular formula is C32H33F3N6O2S. The van der Waals surface area contributed by atoms with E-state index in [0.717, 1.165) is 47.1 Å². The molecular weight excluding hydrogens is 589 g/mol. The van der Waals surface area contributed by atoms with Gasteiger partial charge in [-0.15, -0.1) is 18.3 Å². The summed E-state index contributed by atoms with van der Waals surface area (Å²) in [6, 6.07) is 19.3. The first-order valence-electron chi connectivity index (χ1n) is 14.3. The van der Waals surface area contributed by atoms with Crippen LogP contribution in [0.1, 0.15) is 42.4 Å². The van der Waals surface area contributed by atoms with Crippen LogP contribution < -0.4 is 15.0 Å². The van der Waals surface area contributed by atoms with Gasteiger partial charge in [0.15, 0.2) is 11.0 Å². The number of amides is 2. The number of para-hydroxylation sites is 1. The van der Waals surface area contributed by atoms with E-state index in [4.69, 9.17) is 0 Å². The Morgan fingerprint density at radius 1 is 1.07 bits per heavy atom. The van der Waals surface area contributed by atoms with Crippen LogP contribution in [-0.2, 0) is 0 Å². The van der Waals surface area contributed by atoms with Gasteiger partial charge < -0.3 is 15.0 Å². The first-order chi connectivity index (χ1) is 21.1. The zero-order chi connectivity index (χ0) is 31.3. The number of aromatic nitrogens is 3. The molecule has 44 heavy (non-hydrogen) atoms. The first-order valence-corrected chi connectivity index (χ1v) is 15.3. The molecule has 1 aliphatic heterocycles. The Morgan fingerprint density at radius 2 is 1.77 bits per heavy atom. The third kappa shape index (κ3) is 7.79. The van der Waals surface area contributed by atoms with Gasteiger partial charge in [-0.05, 0) is 73.6 Å². The topological polar surface area (TPSA) is 84.6 Å². The lowest BCUT2D eigenvalue weighted by Gasteiger charge is -2.22. The van der Waals surface area contributed by atoms with E-state index >= 15 is 0 Å². The zero-order valence-electron chi connectivity index (χ0n) is 24.6. The lowest BCUT2D eigenvalue weighted by Crippen LogP contribution is -2.29. The van der Waals surface area contributed by atoms with E-state index in [1.807, 2.05) is 30.3 Å². The molecule has 12 heteroatoms. The minimum Gasteiger partial charge on any atom is -0.406 e. The van der Waals surface area contributed by atoms with E-state index in [0.29, 0.717) is 18.1 Å². The summed E-state index contributed by atoms with van der Waals surface area (Å²) in [4.78, 5) is 23.4. The number of ether oxygens (including phenoxy) is 1. The van der Waals surface area contributed by atoms with Crippen molar-refractivity contribution in [1.29, 1.82) is 0 Å². The fourth-order valence-electron chi connectivity index (χ4n) is 5.11. The molecule has 0 aliphatic carbocycles. The number of nitrogens with one attached hydrogen (secondary N) is 1. The number of amidine groups is 1. The lowest BCUT2D eigenvalue weighted by molar-refractivity contribution is -0.274. The Morgan fingerprint density at radius 3 is 2.45 bits per heavy atom. The molecule has 4 aromatic rings. The van der Waals surface area contributed by atoms with Crippen molar-refractivity contribution in [3.8, 4) is 22.8 Å².